The number of carbonyl (C=O) groups excluding carboxylic acids is 1. The van der Waals surface area contributed by atoms with Crippen LogP contribution in [0.3, 0.4) is 0 Å². The van der Waals surface area contributed by atoms with Crippen molar-refractivity contribution in [1.82, 2.24) is 0 Å². The number of esters is 1. The summed E-state index contributed by atoms with van der Waals surface area (Å²) in [4.78, 5) is 11.7. The molecule has 0 saturated carbocycles. The lowest BCUT2D eigenvalue weighted by Gasteiger charge is -2.34. The highest BCUT2D eigenvalue weighted by Crippen LogP contribution is 2.37. The molecule has 0 saturated heterocycles. The summed E-state index contributed by atoms with van der Waals surface area (Å²) in [5.41, 5.74) is 2.57. The first-order chi connectivity index (χ1) is 15.2. The van der Waals surface area contributed by atoms with Crippen molar-refractivity contribution in [3.63, 3.8) is 0 Å². The van der Waals surface area contributed by atoms with Gasteiger partial charge >= 0.3 is 12.3 Å². The van der Waals surface area contributed by atoms with E-state index < -0.39 is 17.9 Å². The predicted molar refractivity (Wildman–Crippen MR) is 115 cm³/mol. The van der Waals surface area contributed by atoms with Gasteiger partial charge in [0.25, 0.3) is 0 Å². The van der Waals surface area contributed by atoms with Crippen LogP contribution in [0.4, 0.5) is 13.2 Å². The minimum Gasteiger partial charge on any atom is -0.466 e. The highest BCUT2D eigenvalue weighted by Gasteiger charge is 2.32. The van der Waals surface area contributed by atoms with Crippen LogP contribution in [0, 0.1) is 0 Å². The molecule has 168 valence electrons. The summed E-state index contributed by atoms with van der Waals surface area (Å²) in [6.07, 6.45) is 2.54. The molecule has 4 nitrogen and oxygen atoms in total. The number of rotatable bonds is 7. The van der Waals surface area contributed by atoms with Crippen LogP contribution in [0.1, 0.15) is 24.5 Å². The smallest absolute Gasteiger partial charge is 0.466 e. The van der Waals surface area contributed by atoms with Crippen LogP contribution >= 0.6 is 0 Å². The minimum absolute atomic E-state index is 0.288. The van der Waals surface area contributed by atoms with Crippen LogP contribution in [0.2, 0.25) is 0 Å². The van der Waals surface area contributed by atoms with Gasteiger partial charge in [0.15, 0.2) is 0 Å². The second-order valence-corrected chi connectivity index (χ2v) is 7.40. The van der Waals surface area contributed by atoms with E-state index in [1.54, 1.807) is 18.2 Å². The summed E-state index contributed by atoms with van der Waals surface area (Å²) in [6.45, 7) is 2.31. The largest absolute Gasteiger partial charge is 0.573 e. The summed E-state index contributed by atoms with van der Waals surface area (Å²) in [5.74, 6) is -0.787. The van der Waals surface area contributed by atoms with Crippen molar-refractivity contribution in [2.45, 2.75) is 31.9 Å². The summed E-state index contributed by atoms with van der Waals surface area (Å²) < 4.78 is 52.1. The third kappa shape index (κ3) is 6.34. The molecule has 7 heteroatoms. The van der Waals surface area contributed by atoms with Crippen molar-refractivity contribution < 1.29 is 32.2 Å². The van der Waals surface area contributed by atoms with E-state index in [1.165, 1.54) is 25.3 Å². The molecule has 0 aliphatic heterocycles. The average Bonchev–Trinajstić information content (AvgIpc) is 2.77. The number of alkyl halides is 3. The third-order valence-corrected chi connectivity index (χ3v) is 5.05. The van der Waals surface area contributed by atoms with Gasteiger partial charge in [0.1, 0.15) is 5.75 Å². The molecule has 1 aliphatic rings. The van der Waals surface area contributed by atoms with Gasteiger partial charge in [-0.15, -0.1) is 13.2 Å². The maximum Gasteiger partial charge on any atom is 0.573 e. The first-order valence-corrected chi connectivity index (χ1v) is 9.91. The Kier molecular flexibility index (Phi) is 7.20. The van der Waals surface area contributed by atoms with Gasteiger partial charge < -0.3 is 14.2 Å². The van der Waals surface area contributed by atoms with Crippen LogP contribution in [-0.2, 0) is 20.9 Å². The van der Waals surface area contributed by atoms with Crippen LogP contribution in [0.5, 0.6) is 5.75 Å². The summed E-state index contributed by atoms with van der Waals surface area (Å²) >= 11 is 0. The van der Waals surface area contributed by atoms with Crippen LogP contribution in [0.25, 0.3) is 5.57 Å². The quantitative estimate of drug-likeness (QED) is 0.388. The molecule has 0 bridgehead atoms. The van der Waals surface area contributed by atoms with Crippen molar-refractivity contribution in [3.8, 4) is 5.75 Å². The second kappa shape index (κ2) is 9.87. The Balaban J connectivity index is 1.84. The van der Waals surface area contributed by atoms with Gasteiger partial charge in [-0.3, -0.25) is 0 Å². The molecule has 32 heavy (non-hydrogen) atoms. The molecule has 3 rings (SSSR count). The summed E-state index contributed by atoms with van der Waals surface area (Å²) in [6, 6.07) is 15.4. The number of allylic oxidation sites excluding steroid dienone is 2. The van der Waals surface area contributed by atoms with E-state index in [0.29, 0.717) is 18.6 Å². The Morgan fingerprint density at radius 3 is 2.41 bits per heavy atom. The fourth-order valence-electron chi connectivity index (χ4n) is 3.26. The molecule has 0 amide bonds. The Morgan fingerprint density at radius 1 is 1.09 bits per heavy atom. The standard InChI is InChI=1S/C25H23F3O4/c1-24(31-17-18-6-4-3-5-7-18)15-14-20(16-21(24)10-13-23(29)30-2)19-8-11-22(12-9-19)32-25(26,27)28/h3-14,16H,15,17H2,1-2H3/b13-10-. The molecular formula is C25H23F3O4. The topological polar surface area (TPSA) is 44.8 Å². The van der Waals surface area contributed by atoms with Crippen molar-refractivity contribution in [2.24, 2.45) is 0 Å². The zero-order valence-corrected chi connectivity index (χ0v) is 17.7. The van der Waals surface area contributed by atoms with Gasteiger partial charge in [0, 0.05) is 6.08 Å². The van der Waals surface area contributed by atoms with E-state index in [-0.39, 0.29) is 5.75 Å². The zero-order valence-electron chi connectivity index (χ0n) is 17.7. The third-order valence-electron chi connectivity index (χ3n) is 5.05. The van der Waals surface area contributed by atoms with Gasteiger partial charge in [-0.1, -0.05) is 48.5 Å². The first kappa shape index (κ1) is 23.3. The molecule has 0 fully saturated rings. The van der Waals surface area contributed by atoms with Gasteiger partial charge in [0.05, 0.1) is 19.3 Å². The predicted octanol–water partition coefficient (Wildman–Crippen LogP) is 6.00. The number of hydrogen-bond acceptors (Lipinski definition) is 4. The van der Waals surface area contributed by atoms with Crippen LogP contribution < -0.4 is 4.74 Å². The molecule has 0 radical (unpaired) electrons. The molecule has 0 N–H and O–H groups in total. The lowest BCUT2D eigenvalue weighted by atomic mass is 9.83. The SMILES string of the molecule is COC(=O)/C=C\C1=CC(c2ccc(OC(F)(F)F)cc2)=CCC1(C)OCc1ccccc1. The first-order valence-electron chi connectivity index (χ1n) is 9.91. The Morgan fingerprint density at radius 2 is 1.78 bits per heavy atom. The number of ether oxygens (including phenoxy) is 3. The van der Waals surface area contributed by atoms with Crippen molar-refractivity contribution in [3.05, 3.63) is 95.6 Å². The number of methoxy groups -OCH3 is 1. The number of halogens is 3. The van der Waals surface area contributed by atoms with Gasteiger partial charge in [0.2, 0.25) is 0 Å². The fourth-order valence-corrected chi connectivity index (χ4v) is 3.26. The Labute approximate surface area is 184 Å². The molecule has 1 unspecified atom stereocenters. The van der Waals surface area contributed by atoms with Gasteiger partial charge in [-0.25, -0.2) is 4.79 Å². The maximum atomic E-state index is 12.4. The molecule has 1 aliphatic carbocycles. The van der Waals surface area contributed by atoms with Crippen LogP contribution in [0.15, 0.2) is 84.5 Å². The summed E-state index contributed by atoms with van der Waals surface area (Å²) in [5, 5.41) is 0. The van der Waals surface area contributed by atoms with E-state index in [9.17, 15) is 18.0 Å². The van der Waals surface area contributed by atoms with Crippen molar-refractivity contribution in [2.75, 3.05) is 7.11 Å². The zero-order chi connectivity index (χ0) is 23.2. The molecule has 2 aromatic carbocycles. The molecular weight excluding hydrogens is 421 g/mol. The van der Waals surface area contributed by atoms with E-state index in [0.717, 1.165) is 16.7 Å². The Bertz CT molecular complexity index is 1020. The normalized spacial score (nSPS) is 18.8. The van der Waals surface area contributed by atoms with Crippen molar-refractivity contribution in [1.29, 1.82) is 0 Å². The second-order valence-electron chi connectivity index (χ2n) is 7.40. The lowest BCUT2D eigenvalue weighted by Crippen LogP contribution is -2.32. The number of carbonyl (C=O) groups is 1. The average molecular weight is 444 g/mol. The van der Waals surface area contributed by atoms with Gasteiger partial charge in [-0.05, 0) is 59.9 Å². The van der Waals surface area contributed by atoms with E-state index in [4.69, 9.17) is 4.74 Å². The molecule has 0 aromatic heterocycles. The van der Waals surface area contributed by atoms with E-state index in [1.807, 2.05) is 49.4 Å². The molecule has 0 spiro atoms. The van der Waals surface area contributed by atoms with Crippen molar-refractivity contribution >= 4 is 11.5 Å². The number of benzene rings is 2. The molecule has 2 aromatic rings. The van der Waals surface area contributed by atoms with Gasteiger partial charge in [-0.2, -0.15) is 0 Å². The maximum absolute atomic E-state index is 12.4. The number of hydrogen-bond donors (Lipinski definition) is 0. The minimum atomic E-state index is -4.74. The highest BCUT2D eigenvalue weighted by atomic mass is 19.4. The fraction of sp³-hybridized carbons (Fsp3) is 0.240. The molecule has 1 atom stereocenters. The van der Waals surface area contributed by atoms with E-state index in [2.05, 4.69) is 9.47 Å². The van der Waals surface area contributed by atoms with Crippen LogP contribution in [-0.4, -0.2) is 25.0 Å². The highest BCUT2D eigenvalue weighted by molar-refractivity contribution is 5.83. The Hall–Kier alpha value is -3.32. The lowest BCUT2D eigenvalue weighted by molar-refractivity contribution is -0.274. The molecule has 0 heterocycles. The monoisotopic (exact) mass is 444 g/mol. The van der Waals surface area contributed by atoms with E-state index >= 15 is 0 Å². The summed E-state index contributed by atoms with van der Waals surface area (Å²) in [7, 11) is 1.29.